The first-order valence-electron chi connectivity index (χ1n) is 10.5. The van der Waals surface area contributed by atoms with Gasteiger partial charge in [0.2, 0.25) is 11.8 Å². The molecule has 2 amide bonds. The minimum atomic E-state index is -0.582. The second-order valence-corrected chi connectivity index (χ2v) is 8.73. The number of nitrogens with one attached hydrogen (secondary N) is 1. The molecule has 0 radical (unpaired) electrons. The molecule has 0 saturated carbocycles. The molecule has 154 valence electrons. The van der Waals surface area contributed by atoms with Gasteiger partial charge in [0, 0.05) is 26.6 Å². The smallest absolute Gasteiger partial charge is 0.228 e. The summed E-state index contributed by atoms with van der Waals surface area (Å²) < 4.78 is 0. The van der Waals surface area contributed by atoms with E-state index in [1.165, 1.54) is 11.1 Å². The molecule has 4 heteroatoms. The molecule has 0 unspecified atom stereocenters. The van der Waals surface area contributed by atoms with Crippen LogP contribution in [-0.2, 0) is 16.0 Å². The van der Waals surface area contributed by atoms with Gasteiger partial charge in [-0.25, -0.2) is 0 Å². The first-order valence-corrected chi connectivity index (χ1v) is 10.5. The maximum atomic E-state index is 13.0. The molecule has 0 aliphatic carbocycles. The molecule has 1 heterocycles. The number of hydrogen-bond donors (Lipinski definition) is 1. The Morgan fingerprint density at radius 2 is 1.90 bits per heavy atom. The molecule has 4 nitrogen and oxygen atoms in total. The number of benzene rings is 2. The van der Waals surface area contributed by atoms with E-state index in [9.17, 15) is 9.59 Å². The highest BCUT2D eigenvalue weighted by Gasteiger charge is 2.45. The highest BCUT2D eigenvalue weighted by atomic mass is 16.2. The molecule has 3 rings (SSSR count). The fraction of sp³-hybridized carbons (Fsp3) is 0.440. The molecule has 1 N–H and O–H groups in total. The molecule has 1 aliphatic rings. The average Bonchev–Trinajstić information content (AvgIpc) is 3.13. The molecule has 2 aromatic carbocycles. The van der Waals surface area contributed by atoms with E-state index >= 15 is 0 Å². The zero-order valence-corrected chi connectivity index (χ0v) is 18.0. The van der Waals surface area contributed by atoms with Gasteiger partial charge in [-0.05, 0) is 42.4 Å². The van der Waals surface area contributed by atoms with Crippen LogP contribution in [0.2, 0.25) is 0 Å². The van der Waals surface area contributed by atoms with Crippen LogP contribution in [0.25, 0.3) is 11.1 Å². The van der Waals surface area contributed by atoms with Crippen molar-refractivity contribution in [1.29, 1.82) is 0 Å². The number of aryl methyl sites for hydroxylation is 1. The van der Waals surface area contributed by atoms with Crippen molar-refractivity contribution in [3.8, 4) is 11.1 Å². The quantitative estimate of drug-likeness (QED) is 0.800. The van der Waals surface area contributed by atoms with E-state index in [1.807, 2.05) is 17.0 Å². The summed E-state index contributed by atoms with van der Waals surface area (Å²) in [6.45, 7) is 7.33. The highest BCUT2D eigenvalue weighted by Crippen LogP contribution is 2.38. The van der Waals surface area contributed by atoms with Gasteiger partial charge in [-0.15, -0.1) is 0 Å². The third-order valence-electron chi connectivity index (χ3n) is 5.87. The lowest BCUT2D eigenvalue weighted by atomic mass is 9.78. The standard InChI is InChI=1S/C25H32N2O2/c1-18(2)14-23(28)27-13-12-25(17-27,24(29)26-4)16-21-9-5-6-11-22(21)20-10-7-8-19(3)15-20/h5-11,15,18H,12-14,16-17H2,1-4H3,(H,26,29)/t25-/m0/s1. The Morgan fingerprint density at radius 1 is 1.14 bits per heavy atom. The Bertz CT molecular complexity index is 890. The summed E-state index contributed by atoms with van der Waals surface area (Å²) in [7, 11) is 1.69. The Hall–Kier alpha value is -2.62. The van der Waals surface area contributed by atoms with E-state index in [-0.39, 0.29) is 11.8 Å². The predicted molar refractivity (Wildman–Crippen MR) is 117 cm³/mol. The second-order valence-electron chi connectivity index (χ2n) is 8.73. The van der Waals surface area contributed by atoms with E-state index in [4.69, 9.17) is 0 Å². The van der Waals surface area contributed by atoms with Crippen molar-refractivity contribution >= 4 is 11.8 Å². The summed E-state index contributed by atoms with van der Waals surface area (Å²) in [6, 6.07) is 16.8. The topological polar surface area (TPSA) is 49.4 Å². The van der Waals surface area contributed by atoms with Gasteiger partial charge in [0.25, 0.3) is 0 Å². The van der Waals surface area contributed by atoms with Crippen LogP contribution >= 0.6 is 0 Å². The van der Waals surface area contributed by atoms with Crippen LogP contribution in [0.4, 0.5) is 0 Å². The maximum Gasteiger partial charge on any atom is 0.228 e. The first kappa shape index (κ1) is 21.1. The molecule has 1 fully saturated rings. The average molecular weight is 393 g/mol. The molecular formula is C25H32N2O2. The molecule has 0 bridgehead atoms. The summed E-state index contributed by atoms with van der Waals surface area (Å²) in [6.07, 6.45) is 1.85. The number of likely N-dealkylation sites (tertiary alicyclic amines) is 1. The molecular weight excluding hydrogens is 360 g/mol. The molecule has 1 aliphatic heterocycles. The summed E-state index contributed by atoms with van der Waals surface area (Å²) >= 11 is 0. The van der Waals surface area contributed by atoms with Gasteiger partial charge in [0.1, 0.15) is 0 Å². The van der Waals surface area contributed by atoms with E-state index in [1.54, 1.807) is 7.05 Å². The van der Waals surface area contributed by atoms with Crippen LogP contribution in [0.3, 0.4) is 0 Å². The lowest BCUT2D eigenvalue weighted by Gasteiger charge is -2.29. The van der Waals surface area contributed by atoms with Crippen LogP contribution in [0.15, 0.2) is 48.5 Å². The van der Waals surface area contributed by atoms with E-state index < -0.39 is 5.41 Å². The van der Waals surface area contributed by atoms with Crippen molar-refractivity contribution in [1.82, 2.24) is 10.2 Å². The van der Waals surface area contributed by atoms with Crippen molar-refractivity contribution < 1.29 is 9.59 Å². The first-order chi connectivity index (χ1) is 13.8. The SMILES string of the molecule is CNC(=O)[C@]1(Cc2ccccc2-c2cccc(C)c2)CCN(C(=O)CC(C)C)C1. The maximum absolute atomic E-state index is 13.0. The van der Waals surface area contributed by atoms with Gasteiger partial charge in [-0.3, -0.25) is 9.59 Å². The normalized spacial score (nSPS) is 18.9. The number of rotatable bonds is 6. The minimum absolute atomic E-state index is 0.0244. The number of hydrogen-bond acceptors (Lipinski definition) is 2. The molecule has 2 aromatic rings. The highest BCUT2D eigenvalue weighted by molar-refractivity contribution is 5.86. The van der Waals surface area contributed by atoms with E-state index in [0.717, 1.165) is 11.1 Å². The van der Waals surface area contributed by atoms with Crippen molar-refractivity contribution in [2.75, 3.05) is 20.1 Å². The number of carbonyl (C=O) groups excluding carboxylic acids is 2. The Kier molecular flexibility index (Phi) is 6.41. The molecule has 0 aromatic heterocycles. The lowest BCUT2D eigenvalue weighted by Crippen LogP contribution is -2.44. The third-order valence-corrected chi connectivity index (χ3v) is 5.87. The van der Waals surface area contributed by atoms with Gasteiger partial charge in [0.05, 0.1) is 5.41 Å². The monoisotopic (exact) mass is 392 g/mol. The summed E-state index contributed by atoms with van der Waals surface area (Å²) in [4.78, 5) is 27.5. The predicted octanol–water partition coefficient (Wildman–Crippen LogP) is 4.22. The number of carbonyl (C=O) groups is 2. The van der Waals surface area contributed by atoms with Crippen LogP contribution in [0.5, 0.6) is 0 Å². The van der Waals surface area contributed by atoms with E-state index in [2.05, 4.69) is 62.5 Å². The number of nitrogens with zero attached hydrogens (tertiary/aromatic N) is 1. The molecule has 0 spiro atoms. The number of amides is 2. The van der Waals surface area contributed by atoms with Gasteiger partial charge in [0.15, 0.2) is 0 Å². The fourth-order valence-corrected chi connectivity index (χ4v) is 4.37. The summed E-state index contributed by atoms with van der Waals surface area (Å²) in [5, 5.41) is 2.86. The van der Waals surface area contributed by atoms with Crippen LogP contribution in [0.1, 0.15) is 37.8 Å². The summed E-state index contributed by atoms with van der Waals surface area (Å²) in [5.41, 5.74) is 4.11. The van der Waals surface area contributed by atoms with E-state index in [0.29, 0.717) is 38.3 Å². The zero-order valence-electron chi connectivity index (χ0n) is 18.0. The minimum Gasteiger partial charge on any atom is -0.359 e. The van der Waals surface area contributed by atoms with Crippen molar-refractivity contribution in [2.24, 2.45) is 11.3 Å². The fourth-order valence-electron chi connectivity index (χ4n) is 4.37. The van der Waals surface area contributed by atoms with Gasteiger partial charge < -0.3 is 10.2 Å². The largest absolute Gasteiger partial charge is 0.359 e. The third kappa shape index (κ3) is 4.69. The van der Waals surface area contributed by atoms with Crippen molar-refractivity contribution in [2.45, 2.75) is 40.0 Å². The van der Waals surface area contributed by atoms with Crippen LogP contribution in [0, 0.1) is 18.3 Å². The Balaban J connectivity index is 1.92. The van der Waals surface area contributed by atoms with Crippen molar-refractivity contribution in [3.05, 3.63) is 59.7 Å². The van der Waals surface area contributed by atoms with Crippen molar-refractivity contribution in [3.63, 3.8) is 0 Å². The van der Waals surface area contributed by atoms with Gasteiger partial charge in [-0.2, -0.15) is 0 Å². The van der Waals surface area contributed by atoms with Crippen LogP contribution < -0.4 is 5.32 Å². The lowest BCUT2D eigenvalue weighted by molar-refractivity contribution is -0.133. The van der Waals surface area contributed by atoms with Gasteiger partial charge >= 0.3 is 0 Å². The summed E-state index contributed by atoms with van der Waals surface area (Å²) in [5.74, 6) is 0.494. The van der Waals surface area contributed by atoms with Crippen LogP contribution in [-0.4, -0.2) is 36.9 Å². The molecule has 1 saturated heterocycles. The second kappa shape index (κ2) is 8.81. The Morgan fingerprint density at radius 3 is 2.59 bits per heavy atom. The van der Waals surface area contributed by atoms with Gasteiger partial charge in [-0.1, -0.05) is 67.9 Å². The zero-order chi connectivity index (χ0) is 21.0. The Labute approximate surface area is 174 Å². The molecule has 1 atom stereocenters. The molecule has 29 heavy (non-hydrogen) atoms.